The normalized spacial score (nSPS) is 39.4. The van der Waals surface area contributed by atoms with E-state index in [1.165, 1.54) is 25.7 Å². The Hall–Kier alpha value is -1.73. The highest BCUT2D eigenvalue weighted by atomic mass is 16.3. The zero-order valence-corrected chi connectivity index (χ0v) is 25.3. The van der Waals surface area contributed by atoms with Gasteiger partial charge >= 0.3 is 0 Å². The van der Waals surface area contributed by atoms with E-state index >= 15 is 0 Å². The van der Waals surface area contributed by atoms with Gasteiger partial charge in [-0.2, -0.15) is 5.26 Å². The van der Waals surface area contributed by atoms with Crippen LogP contribution < -0.4 is 0 Å². The molecule has 4 heteroatoms. The van der Waals surface area contributed by atoms with Crippen molar-refractivity contribution >= 4 is 11.6 Å². The summed E-state index contributed by atoms with van der Waals surface area (Å²) in [6.07, 6.45) is 14.5. The Morgan fingerprint density at radius 3 is 2.16 bits per heavy atom. The van der Waals surface area contributed by atoms with Crippen molar-refractivity contribution in [1.29, 1.82) is 5.26 Å². The summed E-state index contributed by atoms with van der Waals surface area (Å²) in [5.74, 6) is 0.124. The van der Waals surface area contributed by atoms with E-state index in [1.807, 2.05) is 26.0 Å². The van der Waals surface area contributed by atoms with Crippen molar-refractivity contribution in [3.8, 4) is 6.07 Å². The molecule has 4 rings (SSSR count). The lowest BCUT2D eigenvalue weighted by Crippen LogP contribution is -2.59. The second-order valence-corrected chi connectivity index (χ2v) is 15.5. The lowest BCUT2D eigenvalue weighted by atomic mass is 9.38. The van der Waals surface area contributed by atoms with Gasteiger partial charge in [0.1, 0.15) is 6.07 Å². The number of carbonyl (C=O) groups excluding carboxylic acids is 2. The fourth-order valence-electron chi connectivity index (χ4n) is 9.41. The van der Waals surface area contributed by atoms with Crippen molar-refractivity contribution in [2.75, 3.05) is 6.61 Å². The third-order valence-corrected chi connectivity index (χ3v) is 12.7. The highest BCUT2D eigenvalue weighted by molar-refractivity contribution is 6.04. The number of fused-ring (bicyclic) bond motifs is 3. The van der Waals surface area contributed by atoms with Crippen LogP contribution in [-0.2, 0) is 9.59 Å². The molecule has 0 saturated heterocycles. The van der Waals surface area contributed by atoms with Gasteiger partial charge in [-0.25, -0.2) is 0 Å². The molecule has 0 spiro atoms. The number of allylic oxidation sites excluding steroid dienone is 4. The van der Waals surface area contributed by atoms with Crippen LogP contribution in [0.5, 0.6) is 0 Å². The molecule has 38 heavy (non-hydrogen) atoms. The van der Waals surface area contributed by atoms with E-state index in [0.717, 1.165) is 44.1 Å². The molecule has 4 aliphatic rings. The summed E-state index contributed by atoms with van der Waals surface area (Å²) in [6.45, 7) is 18.0. The van der Waals surface area contributed by atoms with E-state index in [-0.39, 0.29) is 51.8 Å². The minimum atomic E-state index is -0.636. The van der Waals surface area contributed by atoms with Crippen LogP contribution in [0.25, 0.3) is 0 Å². The number of nitrogens with zero attached hydrogens (tertiary/aromatic N) is 1. The second kappa shape index (κ2) is 9.43. The molecule has 0 bridgehead atoms. The first-order valence-electron chi connectivity index (χ1n) is 15.1. The van der Waals surface area contributed by atoms with Gasteiger partial charge in [-0.1, -0.05) is 67.0 Å². The predicted octanol–water partition coefficient (Wildman–Crippen LogP) is 7.76. The van der Waals surface area contributed by atoms with Crippen molar-refractivity contribution < 1.29 is 14.7 Å². The molecule has 2 saturated carbocycles. The highest BCUT2D eigenvalue weighted by Gasteiger charge is 2.64. The van der Waals surface area contributed by atoms with Gasteiger partial charge in [0, 0.05) is 23.4 Å². The molecule has 0 amide bonds. The number of hydrogen-bond donors (Lipinski definition) is 1. The summed E-state index contributed by atoms with van der Waals surface area (Å²) < 4.78 is 0. The SMILES string of the molecule is CC1C(=O)C=C2[C@@]3(C)C=C(C#N)C(=O)C(C)(C)[C@@H]3CC[C@@]2(C)[C@]1(C)CCC1(CCCO)CCC(C)(C)CC1. The Kier molecular flexibility index (Phi) is 7.26. The first kappa shape index (κ1) is 29.3. The Bertz CT molecular complexity index is 1090. The molecule has 0 heterocycles. The maximum Gasteiger partial charge on any atom is 0.178 e. The standard InChI is InChI=1S/C34H51NO3/c1-23-25(37)20-27-31(6)21-24(22-35)28(38)30(4,5)26(31)10-12-33(27,8)32(23,7)15-18-34(11-9-19-36)16-13-29(2,3)14-17-34/h20-21,23,26,36H,9-19H2,1-8H3/t23?,26-,31-,32+,33+/m0/s1. The van der Waals surface area contributed by atoms with Crippen molar-refractivity contribution in [1.82, 2.24) is 0 Å². The number of Topliss-reactive ketones (excluding diaryl/α,β-unsaturated/α-hetero) is 1. The van der Waals surface area contributed by atoms with Crippen LogP contribution in [0.15, 0.2) is 23.3 Å². The van der Waals surface area contributed by atoms with Gasteiger partial charge in [-0.3, -0.25) is 9.59 Å². The topological polar surface area (TPSA) is 78.2 Å². The smallest absolute Gasteiger partial charge is 0.178 e. The molecule has 1 N–H and O–H groups in total. The average molecular weight is 522 g/mol. The summed E-state index contributed by atoms with van der Waals surface area (Å²) >= 11 is 0. The van der Waals surface area contributed by atoms with Crippen molar-refractivity contribution in [2.24, 2.45) is 44.3 Å². The Morgan fingerprint density at radius 1 is 0.947 bits per heavy atom. The summed E-state index contributed by atoms with van der Waals surface area (Å²) in [4.78, 5) is 26.9. The maximum absolute atomic E-state index is 13.7. The lowest BCUT2D eigenvalue weighted by Gasteiger charge is -2.64. The monoisotopic (exact) mass is 521 g/mol. The summed E-state index contributed by atoms with van der Waals surface area (Å²) in [7, 11) is 0. The molecular weight excluding hydrogens is 470 g/mol. The molecule has 0 aromatic carbocycles. The van der Waals surface area contributed by atoms with Crippen molar-refractivity contribution in [3.05, 3.63) is 23.3 Å². The molecule has 0 aromatic rings. The molecule has 210 valence electrons. The zero-order chi connectivity index (χ0) is 28.4. The van der Waals surface area contributed by atoms with Gasteiger partial charge in [-0.15, -0.1) is 0 Å². The molecule has 0 aliphatic heterocycles. The third kappa shape index (κ3) is 4.27. The number of hydrogen-bond acceptors (Lipinski definition) is 4. The number of ketones is 2. The fourth-order valence-corrected chi connectivity index (χ4v) is 9.41. The minimum absolute atomic E-state index is 0.0593. The van der Waals surface area contributed by atoms with E-state index in [1.54, 1.807) is 0 Å². The average Bonchev–Trinajstić information content (AvgIpc) is 2.86. The van der Waals surface area contributed by atoms with Gasteiger partial charge in [0.05, 0.1) is 5.57 Å². The van der Waals surface area contributed by atoms with Crippen LogP contribution in [0.2, 0.25) is 0 Å². The first-order valence-corrected chi connectivity index (χ1v) is 15.1. The van der Waals surface area contributed by atoms with Crippen LogP contribution in [0.4, 0.5) is 0 Å². The molecule has 4 nitrogen and oxygen atoms in total. The molecule has 0 aromatic heterocycles. The van der Waals surface area contributed by atoms with Gasteiger partial charge in [-0.05, 0) is 97.9 Å². The van der Waals surface area contributed by atoms with Gasteiger partial charge in [0.15, 0.2) is 11.6 Å². The van der Waals surface area contributed by atoms with Crippen LogP contribution in [0.1, 0.15) is 120 Å². The van der Waals surface area contributed by atoms with E-state index in [9.17, 15) is 20.0 Å². The van der Waals surface area contributed by atoms with Crippen molar-refractivity contribution in [2.45, 2.75) is 120 Å². The Labute approximate surface area is 231 Å². The van der Waals surface area contributed by atoms with Gasteiger partial charge < -0.3 is 5.11 Å². The van der Waals surface area contributed by atoms with Gasteiger partial charge in [0.25, 0.3) is 0 Å². The summed E-state index contributed by atoms with van der Waals surface area (Å²) in [6, 6.07) is 2.19. The molecule has 1 unspecified atom stereocenters. The number of aliphatic hydroxyl groups excluding tert-OH is 1. The van der Waals surface area contributed by atoms with Crippen molar-refractivity contribution in [3.63, 3.8) is 0 Å². The van der Waals surface area contributed by atoms with E-state index < -0.39 is 10.8 Å². The van der Waals surface area contributed by atoms with Crippen LogP contribution >= 0.6 is 0 Å². The molecule has 0 radical (unpaired) electrons. The molecule has 4 aliphatic carbocycles. The van der Waals surface area contributed by atoms with Crippen LogP contribution in [0, 0.1) is 55.7 Å². The number of aliphatic hydroxyl groups is 1. The van der Waals surface area contributed by atoms with Crippen LogP contribution in [-0.4, -0.2) is 23.3 Å². The maximum atomic E-state index is 13.7. The quantitative estimate of drug-likeness (QED) is 0.387. The zero-order valence-electron chi connectivity index (χ0n) is 25.3. The minimum Gasteiger partial charge on any atom is -0.396 e. The number of carbonyl (C=O) groups is 2. The predicted molar refractivity (Wildman–Crippen MR) is 152 cm³/mol. The second-order valence-electron chi connectivity index (χ2n) is 15.5. The van der Waals surface area contributed by atoms with Crippen LogP contribution in [0.3, 0.4) is 0 Å². The third-order valence-electron chi connectivity index (χ3n) is 12.7. The molecular formula is C34H51NO3. The van der Waals surface area contributed by atoms with E-state index in [2.05, 4.69) is 47.6 Å². The Morgan fingerprint density at radius 2 is 1.58 bits per heavy atom. The summed E-state index contributed by atoms with van der Waals surface area (Å²) in [5.41, 5.74) is 0.479. The number of rotatable bonds is 6. The lowest BCUT2D eigenvalue weighted by molar-refractivity contribution is -0.137. The Balaban J connectivity index is 1.74. The van der Waals surface area contributed by atoms with E-state index in [4.69, 9.17) is 0 Å². The fraction of sp³-hybridized carbons (Fsp3) is 0.794. The highest BCUT2D eigenvalue weighted by Crippen LogP contribution is 2.70. The largest absolute Gasteiger partial charge is 0.396 e. The summed E-state index contributed by atoms with van der Waals surface area (Å²) in [5, 5.41) is 19.6. The van der Waals surface area contributed by atoms with Gasteiger partial charge in [0.2, 0.25) is 0 Å². The number of nitriles is 1. The van der Waals surface area contributed by atoms with E-state index in [0.29, 0.717) is 5.41 Å². The molecule has 5 atom stereocenters. The first-order chi connectivity index (χ1) is 17.5. The molecule has 2 fully saturated rings.